The van der Waals surface area contributed by atoms with Crippen molar-refractivity contribution in [2.75, 3.05) is 13.1 Å². The molecule has 0 unspecified atom stereocenters. The van der Waals surface area contributed by atoms with Gasteiger partial charge in [0.25, 0.3) is 0 Å². The first kappa shape index (κ1) is 16.4. The number of quaternary nitrogens is 1. The van der Waals surface area contributed by atoms with E-state index in [0.29, 0.717) is 13.1 Å². The summed E-state index contributed by atoms with van der Waals surface area (Å²) in [5, 5.41) is 13.3. The van der Waals surface area contributed by atoms with Crippen LogP contribution in [0.5, 0.6) is 0 Å². The van der Waals surface area contributed by atoms with Crippen molar-refractivity contribution in [3.8, 4) is 0 Å². The molecule has 2 nitrogen and oxygen atoms in total. The van der Waals surface area contributed by atoms with Gasteiger partial charge in [-0.2, -0.15) is 0 Å². The second-order valence-electron chi connectivity index (χ2n) is 6.82. The highest BCUT2D eigenvalue weighted by Gasteiger charge is 2.54. The van der Waals surface area contributed by atoms with Gasteiger partial charge in [-0.05, 0) is 36.8 Å². The van der Waals surface area contributed by atoms with E-state index in [4.69, 9.17) is 0 Å². The third kappa shape index (κ3) is 3.11. The first-order chi connectivity index (χ1) is 12.1. The molecule has 1 aliphatic rings. The topological polar surface area (TPSA) is 23.1 Å². The molecule has 4 rings (SSSR count). The van der Waals surface area contributed by atoms with Crippen LogP contribution in [0.15, 0.2) is 89.8 Å². The molecule has 3 aromatic rings. The van der Waals surface area contributed by atoms with Crippen LogP contribution in [0.4, 0.5) is 5.69 Å². The Morgan fingerprint density at radius 3 is 1.96 bits per heavy atom. The number of aryl methyl sites for hydroxylation is 1. The van der Waals surface area contributed by atoms with Gasteiger partial charge in [0.15, 0.2) is 0 Å². The average molecular weight is 347 g/mol. The highest BCUT2D eigenvalue weighted by Crippen LogP contribution is 2.52. The molecule has 1 fully saturated rings. The summed E-state index contributed by atoms with van der Waals surface area (Å²) in [7, 11) is 0. The number of hydroxylamine groups is 2. The zero-order valence-electron chi connectivity index (χ0n) is 14.3. The van der Waals surface area contributed by atoms with E-state index in [1.165, 1.54) is 16.0 Å². The van der Waals surface area contributed by atoms with Gasteiger partial charge in [0.1, 0.15) is 23.5 Å². The minimum absolute atomic E-state index is 0.173. The van der Waals surface area contributed by atoms with Gasteiger partial charge >= 0.3 is 0 Å². The molecule has 0 aliphatic carbocycles. The third-order valence-electron chi connectivity index (χ3n) is 4.88. The van der Waals surface area contributed by atoms with Gasteiger partial charge in [-0.25, -0.2) is 0 Å². The molecule has 0 radical (unpaired) electrons. The molecule has 0 atom stereocenters. The lowest BCUT2D eigenvalue weighted by Crippen LogP contribution is -2.68. The monoisotopic (exact) mass is 347 g/mol. The lowest BCUT2D eigenvalue weighted by molar-refractivity contribution is 0.195. The molecule has 0 N–H and O–H groups in total. The minimum atomic E-state index is -0.255. The van der Waals surface area contributed by atoms with Crippen LogP contribution in [0.2, 0.25) is 0 Å². The molecule has 25 heavy (non-hydrogen) atoms. The van der Waals surface area contributed by atoms with Crippen molar-refractivity contribution in [3.63, 3.8) is 0 Å². The van der Waals surface area contributed by atoms with E-state index in [2.05, 4.69) is 55.5 Å². The van der Waals surface area contributed by atoms with Crippen molar-refractivity contribution in [2.45, 2.75) is 16.6 Å². The van der Waals surface area contributed by atoms with Gasteiger partial charge in [-0.3, -0.25) is 0 Å². The van der Waals surface area contributed by atoms with Crippen LogP contribution in [-0.4, -0.2) is 13.1 Å². The van der Waals surface area contributed by atoms with E-state index < -0.39 is 0 Å². The van der Waals surface area contributed by atoms with Crippen LogP contribution in [0.25, 0.3) is 0 Å². The number of thioether (sulfide) groups is 1. The maximum atomic E-state index is 13.3. The third-order valence-corrected chi connectivity index (χ3v) is 6.27. The Kier molecular flexibility index (Phi) is 4.16. The molecular formula is C22H21NOS. The fourth-order valence-corrected chi connectivity index (χ4v) is 5.06. The summed E-state index contributed by atoms with van der Waals surface area (Å²) >= 11 is 1.82. The van der Waals surface area contributed by atoms with Crippen LogP contribution >= 0.6 is 11.8 Å². The Morgan fingerprint density at radius 2 is 1.36 bits per heavy atom. The molecule has 3 aromatic carbocycles. The maximum Gasteiger partial charge on any atom is 0.144 e. The van der Waals surface area contributed by atoms with Crippen LogP contribution < -0.4 is 4.65 Å². The minimum Gasteiger partial charge on any atom is -0.627 e. The summed E-state index contributed by atoms with van der Waals surface area (Å²) < 4.78 is -0.428. The Balaban J connectivity index is 1.67. The van der Waals surface area contributed by atoms with Crippen molar-refractivity contribution >= 4 is 17.4 Å². The average Bonchev–Trinajstić information content (AvgIpc) is 2.63. The van der Waals surface area contributed by atoms with Gasteiger partial charge in [-0.1, -0.05) is 66.2 Å². The normalized spacial score (nSPS) is 25.4. The van der Waals surface area contributed by atoms with Gasteiger partial charge < -0.3 is 9.85 Å². The van der Waals surface area contributed by atoms with Crippen LogP contribution in [-0.2, 0) is 4.75 Å². The molecule has 0 aromatic heterocycles. The van der Waals surface area contributed by atoms with Crippen molar-refractivity contribution in [2.24, 2.45) is 0 Å². The molecule has 3 heteroatoms. The Hall–Kier alpha value is -2.07. The van der Waals surface area contributed by atoms with E-state index in [0.717, 1.165) is 5.69 Å². The van der Waals surface area contributed by atoms with Crippen molar-refractivity contribution < 1.29 is 0 Å². The maximum absolute atomic E-state index is 13.3. The lowest BCUT2D eigenvalue weighted by Gasteiger charge is -2.59. The lowest BCUT2D eigenvalue weighted by atomic mass is 9.89. The zero-order chi connectivity index (χ0) is 17.3. The van der Waals surface area contributed by atoms with E-state index in [9.17, 15) is 5.21 Å². The van der Waals surface area contributed by atoms with E-state index >= 15 is 0 Å². The molecule has 1 heterocycles. The number of nitrogens with zero attached hydrogens (tertiary/aromatic N) is 1. The molecule has 0 bridgehead atoms. The fourth-order valence-electron chi connectivity index (χ4n) is 3.54. The predicted octanol–water partition coefficient (Wildman–Crippen LogP) is 5.50. The number of benzene rings is 3. The number of hydrogen-bond donors (Lipinski definition) is 0. The molecule has 0 amide bonds. The largest absolute Gasteiger partial charge is 0.627 e. The number of para-hydroxylation sites is 1. The van der Waals surface area contributed by atoms with Gasteiger partial charge in [0, 0.05) is 4.90 Å². The zero-order valence-corrected chi connectivity index (χ0v) is 15.1. The van der Waals surface area contributed by atoms with E-state index in [1.54, 1.807) is 0 Å². The van der Waals surface area contributed by atoms with Gasteiger partial charge in [0.2, 0.25) is 0 Å². The Morgan fingerprint density at radius 1 is 0.800 bits per heavy atom. The van der Waals surface area contributed by atoms with Crippen molar-refractivity contribution in [1.29, 1.82) is 0 Å². The highest BCUT2D eigenvalue weighted by molar-refractivity contribution is 8.00. The first-order valence-electron chi connectivity index (χ1n) is 8.55. The van der Waals surface area contributed by atoms with Crippen LogP contribution in [0.3, 0.4) is 0 Å². The number of rotatable bonds is 4. The molecule has 0 saturated carbocycles. The molecule has 126 valence electrons. The SMILES string of the molecule is Cc1ccc(SC2(c3ccccc3)C[N+]([O-])(c3ccccc3)C2)cc1. The van der Waals surface area contributed by atoms with Crippen molar-refractivity contribution in [1.82, 2.24) is 4.65 Å². The van der Waals surface area contributed by atoms with Crippen LogP contribution in [0.1, 0.15) is 11.1 Å². The molecule has 1 aliphatic heterocycles. The number of hydrogen-bond acceptors (Lipinski definition) is 2. The quantitative estimate of drug-likeness (QED) is 0.459. The highest BCUT2D eigenvalue weighted by atomic mass is 32.2. The van der Waals surface area contributed by atoms with Crippen LogP contribution in [0, 0.1) is 12.1 Å². The summed E-state index contributed by atoms with van der Waals surface area (Å²) in [6.07, 6.45) is 0. The fraction of sp³-hybridized carbons (Fsp3) is 0.182. The van der Waals surface area contributed by atoms with Crippen molar-refractivity contribution in [3.05, 3.63) is 101 Å². The molecule has 1 saturated heterocycles. The smallest absolute Gasteiger partial charge is 0.144 e. The predicted molar refractivity (Wildman–Crippen MR) is 106 cm³/mol. The van der Waals surface area contributed by atoms with Gasteiger partial charge in [-0.15, -0.1) is 11.8 Å². The van der Waals surface area contributed by atoms with E-state index in [1.807, 2.05) is 48.2 Å². The van der Waals surface area contributed by atoms with Gasteiger partial charge in [0.05, 0.1) is 0 Å². The summed E-state index contributed by atoms with van der Waals surface area (Å²) in [5.74, 6) is 0. The van der Waals surface area contributed by atoms with E-state index in [-0.39, 0.29) is 9.39 Å². The summed E-state index contributed by atoms with van der Waals surface area (Å²) in [4.78, 5) is 1.22. The second-order valence-corrected chi connectivity index (χ2v) is 8.27. The summed E-state index contributed by atoms with van der Waals surface area (Å²) in [6, 6.07) is 28.8. The second kappa shape index (κ2) is 6.34. The summed E-state index contributed by atoms with van der Waals surface area (Å²) in [6.45, 7) is 3.21. The summed E-state index contributed by atoms with van der Waals surface area (Å²) in [5.41, 5.74) is 3.34. The first-order valence-corrected chi connectivity index (χ1v) is 9.36. The molecule has 0 spiro atoms. The Labute approximate surface area is 153 Å². The molecular weight excluding hydrogens is 326 g/mol. The standard InChI is InChI=1S/C22H21NOS/c1-18-12-14-21(15-13-18)25-22(19-8-4-2-5-9-19)16-23(24,17-22)20-10-6-3-7-11-20/h2-15H,16-17H2,1H3. The Bertz CT molecular complexity index is 840.